The van der Waals surface area contributed by atoms with Gasteiger partial charge in [-0.1, -0.05) is 5.16 Å². The molecule has 3 aromatic rings. The van der Waals surface area contributed by atoms with E-state index in [1.807, 2.05) is 0 Å². The molecule has 3 atom stereocenters. The fourth-order valence-corrected chi connectivity index (χ4v) is 5.50. The molecule has 1 saturated heterocycles. The number of hydrogen-bond acceptors (Lipinski definition) is 15. The van der Waals surface area contributed by atoms with Crippen LogP contribution in [0.3, 0.4) is 0 Å². The second kappa shape index (κ2) is 14.1. The summed E-state index contributed by atoms with van der Waals surface area (Å²) in [6.07, 6.45) is -0.880. The molecule has 0 aliphatic carbocycles. The van der Waals surface area contributed by atoms with Crippen molar-refractivity contribution in [2.45, 2.75) is 44.2 Å². The number of imidazole rings is 1. The Kier molecular flexibility index (Phi) is 10.6. The summed E-state index contributed by atoms with van der Waals surface area (Å²) >= 11 is 0.939. The fourth-order valence-electron chi connectivity index (χ4n) is 4.50. The van der Waals surface area contributed by atoms with E-state index in [-0.39, 0.29) is 35.3 Å². The number of β-lactam (4-membered cyclic amide) rings is 1. The molecule has 1 aromatic carbocycles. The van der Waals surface area contributed by atoms with Crippen LogP contribution >= 0.6 is 11.3 Å². The number of nitrogens with one attached hydrogen (secondary N) is 2. The Hall–Kier alpha value is -4.87. The lowest BCUT2D eigenvalue weighted by Crippen LogP contribution is -2.76. The highest BCUT2D eigenvalue weighted by molar-refractivity contribution is 7.80. The lowest BCUT2D eigenvalue weighted by Gasteiger charge is -2.50. The Balaban J connectivity index is 1.48. The van der Waals surface area contributed by atoms with Crippen LogP contribution in [0.4, 0.5) is 5.13 Å². The minimum atomic E-state index is -5.03. The molecular weight excluding hydrogens is 678 g/mol. The van der Waals surface area contributed by atoms with E-state index in [2.05, 4.69) is 19.7 Å². The molecule has 1 aliphatic rings. The van der Waals surface area contributed by atoms with E-state index in [0.29, 0.717) is 16.3 Å². The van der Waals surface area contributed by atoms with E-state index >= 15 is 0 Å². The third-order valence-electron chi connectivity index (χ3n) is 7.06. The number of nitrogen functional groups attached to an aromatic ring is 1. The van der Waals surface area contributed by atoms with Crippen molar-refractivity contribution in [2.24, 2.45) is 17.9 Å². The van der Waals surface area contributed by atoms with Gasteiger partial charge in [0.2, 0.25) is 5.62 Å². The number of rotatable bonds is 15. The number of amides is 2. The van der Waals surface area contributed by atoms with Gasteiger partial charge in [0.05, 0.1) is 23.9 Å². The molecule has 0 saturated carbocycles. The number of aryl methyl sites for hydroxylation is 1. The highest BCUT2D eigenvalue weighted by Gasteiger charge is 2.58. The molecule has 1 fully saturated rings. The van der Waals surface area contributed by atoms with Gasteiger partial charge in [-0.25, -0.2) is 9.78 Å². The summed E-state index contributed by atoms with van der Waals surface area (Å²) < 4.78 is 44.2. The SMILES string of the molecule is Cn1cc(-c2ccc(OC[C@H](O/N=C(\C(=O)N[C@@H]3C(=O)N(OS(=O)(=O)O)C3(C)C)c3csc(N)n3)C(=O)O)cc2)n(C[C@@H](O)CN)c1=N. The van der Waals surface area contributed by atoms with Crippen LogP contribution in [0.25, 0.3) is 11.3 Å². The molecule has 260 valence electrons. The summed E-state index contributed by atoms with van der Waals surface area (Å²) in [5.74, 6) is -3.30. The largest absolute Gasteiger partial charge is 0.489 e. The number of aliphatic hydroxyl groups excluding tert-OH is 1. The molecular formula is C26H33N9O11S2. The number of anilines is 1. The van der Waals surface area contributed by atoms with Gasteiger partial charge in [-0.15, -0.1) is 15.6 Å². The average Bonchev–Trinajstić information content (AvgIpc) is 3.57. The third kappa shape index (κ3) is 7.98. The van der Waals surface area contributed by atoms with E-state index in [9.17, 15) is 33.0 Å². The van der Waals surface area contributed by atoms with E-state index in [1.165, 1.54) is 19.2 Å². The number of aliphatic carboxylic acids is 1. The number of carboxylic acid groups (broad SMARTS) is 1. The lowest BCUT2D eigenvalue weighted by molar-refractivity contribution is -0.218. The number of carbonyl (C=O) groups is 3. The highest BCUT2D eigenvalue weighted by Crippen LogP contribution is 2.33. The van der Waals surface area contributed by atoms with Crippen LogP contribution in [-0.2, 0) is 47.5 Å². The predicted octanol–water partition coefficient (Wildman–Crippen LogP) is -1.58. The smallest absolute Gasteiger partial charge is 0.418 e. The number of oxime groups is 1. The molecule has 20 nitrogen and oxygen atoms in total. The molecule has 9 N–H and O–H groups in total. The van der Waals surface area contributed by atoms with Gasteiger partial charge >= 0.3 is 16.4 Å². The first kappa shape index (κ1) is 36.0. The summed E-state index contributed by atoms with van der Waals surface area (Å²) in [5, 5.41) is 35.8. The number of hydroxylamine groups is 2. The topological polar surface area (TPSA) is 300 Å². The van der Waals surface area contributed by atoms with Gasteiger partial charge in [-0.05, 0) is 43.7 Å². The zero-order valence-electron chi connectivity index (χ0n) is 25.6. The maximum absolute atomic E-state index is 13.2. The normalized spacial score (nSPS) is 17.4. The molecule has 3 heterocycles. The van der Waals surface area contributed by atoms with Crippen molar-refractivity contribution in [1.29, 1.82) is 5.41 Å². The lowest BCUT2D eigenvalue weighted by atomic mass is 9.84. The van der Waals surface area contributed by atoms with Crippen LogP contribution in [0.2, 0.25) is 0 Å². The van der Waals surface area contributed by atoms with Crippen molar-refractivity contribution in [3.8, 4) is 17.0 Å². The number of aliphatic hydroxyl groups is 1. The van der Waals surface area contributed by atoms with Gasteiger partial charge in [0.1, 0.15) is 24.1 Å². The van der Waals surface area contributed by atoms with Gasteiger partial charge in [-0.2, -0.15) is 13.5 Å². The molecule has 2 aromatic heterocycles. The van der Waals surface area contributed by atoms with Crippen molar-refractivity contribution in [3.63, 3.8) is 0 Å². The van der Waals surface area contributed by atoms with E-state index in [0.717, 1.165) is 11.3 Å². The van der Waals surface area contributed by atoms with Gasteiger partial charge in [-0.3, -0.25) is 19.6 Å². The Morgan fingerprint density at radius 2 is 1.94 bits per heavy atom. The number of nitrogens with two attached hydrogens (primary N) is 2. The summed E-state index contributed by atoms with van der Waals surface area (Å²) in [6.45, 7) is 2.25. The fraction of sp³-hybridized carbons (Fsp3) is 0.385. The molecule has 0 spiro atoms. The standard InChI is InChI=1S/C26H33N9O11S2/c1-26(2)20(22(38)35(26)46-48(41,42)43)31-21(37)19(16-12-47-24(28)30-16)32-45-18(23(39)40)11-44-15-6-4-13(5-7-15)17-10-33(3)25(29)34(17)9-14(36)8-27/h4-7,10,12,14,18,20,29,36H,8-9,11,27H2,1-3H3,(H2,28,30)(H,31,37)(H,39,40)(H,41,42,43)/b29-25?,32-19-/t14-,18-,20+/m0/s1. The molecule has 0 bridgehead atoms. The minimum Gasteiger partial charge on any atom is -0.489 e. The number of hydrogen-bond donors (Lipinski definition) is 7. The Bertz CT molecular complexity index is 1880. The number of carbonyl (C=O) groups excluding carboxylic acids is 2. The zero-order valence-corrected chi connectivity index (χ0v) is 27.3. The van der Waals surface area contributed by atoms with Crippen LogP contribution in [0.5, 0.6) is 5.75 Å². The number of benzene rings is 1. The van der Waals surface area contributed by atoms with Crippen LogP contribution in [0.1, 0.15) is 19.5 Å². The van der Waals surface area contributed by atoms with Crippen LogP contribution in [0, 0.1) is 5.41 Å². The monoisotopic (exact) mass is 711 g/mol. The predicted molar refractivity (Wildman–Crippen MR) is 166 cm³/mol. The first-order chi connectivity index (χ1) is 22.4. The third-order valence-corrected chi connectivity index (χ3v) is 8.07. The maximum atomic E-state index is 13.2. The van der Waals surface area contributed by atoms with E-state index in [4.69, 9.17) is 31.0 Å². The van der Waals surface area contributed by atoms with Crippen LogP contribution in [0.15, 0.2) is 41.0 Å². The molecule has 2 amide bonds. The van der Waals surface area contributed by atoms with Crippen LogP contribution < -0.4 is 27.1 Å². The van der Waals surface area contributed by atoms with Crippen molar-refractivity contribution in [2.75, 3.05) is 18.9 Å². The number of thiazole rings is 1. The molecule has 1 aliphatic heterocycles. The molecule has 0 radical (unpaired) electrons. The molecule has 48 heavy (non-hydrogen) atoms. The summed E-state index contributed by atoms with van der Waals surface area (Å²) in [4.78, 5) is 46.9. The average molecular weight is 712 g/mol. The van der Waals surface area contributed by atoms with Gasteiger partial charge in [0.25, 0.3) is 17.9 Å². The summed E-state index contributed by atoms with van der Waals surface area (Å²) in [6, 6.07) is 5.11. The Morgan fingerprint density at radius 1 is 1.27 bits per heavy atom. The van der Waals surface area contributed by atoms with Crippen molar-refractivity contribution >= 4 is 50.4 Å². The maximum Gasteiger partial charge on any atom is 0.418 e. The number of carboxylic acids is 1. The Labute approximate surface area is 276 Å². The quantitative estimate of drug-likeness (QED) is 0.0405. The first-order valence-corrected chi connectivity index (χ1v) is 16.1. The van der Waals surface area contributed by atoms with E-state index < -0.39 is 64.3 Å². The van der Waals surface area contributed by atoms with Crippen molar-refractivity contribution in [3.05, 3.63) is 47.2 Å². The van der Waals surface area contributed by atoms with E-state index in [1.54, 1.807) is 46.6 Å². The number of ether oxygens (including phenoxy) is 1. The van der Waals surface area contributed by atoms with Gasteiger partial charge < -0.3 is 45.7 Å². The minimum absolute atomic E-state index is 0.0145. The summed E-state index contributed by atoms with van der Waals surface area (Å²) in [7, 11) is -3.35. The number of aromatic nitrogens is 3. The summed E-state index contributed by atoms with van der Waals surface area (Å²) in [5.41, 5.74) is 10.6. The number of nitrogens with zero attached hydrogens (tertiary/aromatic N) is 5. The molecule has 22 heteroatoms. The molecule has 4 rings (SSSR count). The van der Waals surface area contributed by atoms with Crippen molar-refractivity contribution in [1.82, 2.24) is 24.5 Å². The van der Waals surface area contributed by atoms with Gasteiger partial charge in [0.15, 0.2) is 10.8 Å². The highest BCUT2D eigenvalue weighted by atomic mass is 32.3. The second-order valence-electron chi connectivity index (χ2n) is 10.9. The Morgan fingerprint density at radius 3 is 2.48 bits per heavy atom. The van der Waals surface area contributed by atoms with Gasteiger partial charge in [0, 0.05) is 25.2 Å². The van der Waals surface area contributed by atoms with Crippen LogP contribution in [-0.4, -0.2) is 103 Å². The second-order valence-corrected chi connectivity index (χ2v) is 12.8. The van der Waals surface area contributed by atoms with Crippen molar-refractivity contribution < 1.29 is 51.4 Å². The first-order valence-electron chi connectivity index (χ1n) is 13.8. The zero-order chi connectivity index (χ0) is 35.6. The molecule has 0 unspecified atom stereocenters.